The van der Waals surface area contributed by atoms with Crippen LogP contribution in [0.15, 0.2) is 18.2 Å². The Balaban J connectivity index is 2.35. The predicted molar refractivity (Wildman–Crippen MR) is 66.6 cm³/mol. The molecule has 19 heavy (non-hydrogen) atoms. The highest BCUT2D eigenvalue weighted by atomic mass is 16.6. The molecule has 1 aliphatic heterocycles. The molecule has 0 atom stereocenters. The summed E-state index contributed by atoms with van der Waals surface area (Å²) in [6.07, 6.45) is 0. The molecule has 1 heterocycles. The first-order chi connectivity index (χ1) is 9.04. The summed E-state index contributed by atoms with van der Waals surface area (Å²) >= 11 is 0. The average molecular weight is 264 g/mol. The zero-order valence-electron chi connectivity index (χ0n) is 10.2. The Hall–Kier alpha value is -2.64. The number of imide groups is 1. The molecule has 0 aromatic heterocycles. The molecule has 8 heteroatoms. The number of carbonyl (C=O) groups excluding carboxylic acids is 2. The van der Waals surface area contributed by atoms with E-state index in [0.717, 1.165) is 4.90 Å². The molecule has 1 aromatic carbocycles. The maximum atomic E-state index is 11.5. The number of nitrogens with zero attached hydrogens (tertiary/aromatic N) is 2. The Labute approximate surface area is 108 Å². The third-order valence-electron chi connectivity index (χ3n) is 2.84. The summed E-state index contributed by atoms with van der Waals surface area (Å²) in [6.45, 7) is -0.0365. The molecule has 2 rings (SSSR count). The highest BCUT2D eigenvalue weighted by Gasteiger charge is 2.29. The summed E-state index contributed by atoms with van der Waals surface area (Å²) in [5, 5.41) is 16.0. The molecule has 0 bridgehead atoms. The van der Waals surface area contributed by atoms with Crippen LogP contribution in [0.25, 0.3) is 0 Å². The van der Waals surface area contributed by atoms with Crippen LogP contribution in [0.1, 0.15) is 5.56 Å². The molecule has 0 aliphatic carbocycles. The summed E-state index contributed by atoms with van der Waals surface area (Å²) in [7, 11) is 1.55. The van der Waals surface area contributed by atoms with Crippen LogP contribution >= 0.6 is 0 Å². The summed E-state index contributed by atoms with van der Waals surface area (Å²) in [5.41, 5.74) is 0.731. The molecule has 0 radical (unpaired) electrons. The molecule has 0 saturated carbocycles. The molecule has 1 aromatic rings. The number of hydrogen-bond acceptors (Lipinski definition) is 5. The van der Waals surface area contributed by atoms with Crippen molar-refractivity contribution < 1.29 is 14.5 Å². The van der Waals surface area contributed by atoms with Gasteiger partial charge in [-0.15, -0.1) is 0 Å². The van der Waals surface area contributed by atoms with E-state index in [2.05, 4.69) is 10.6 Å². The standard InChI is InChI=1S/C11H12N4O4/c1-12-10-7(3-2-4-8(10)15(18)19)6-14-9(16)5-13-11(14)17/h2-4,12H,5-6H2,1H3,(H,13,17). The van der Waals surface area contributed by atoms with Crippen molar-refractivity contribution in [1.82, 2.24) is 10.2 Å². The van der Waals surface area contributed by atoms with Gasteiger partial charge in [-0.2, -0.15) is 0 Å². The third kappa shape index (κ3) is 2.32. The number of amides is 3. The molecule has 8 nitrogen and oxygen atoms in total. The van der Waals surface area contributed by atoms with Gasteiger partial charge in [0.2, 0.25) is 5.91 Å². The van der Waals surface area contributed by atoms with Gasteiger partial charge in [0, 0.05) is 18.7 Å². The first kappa shape index (κ1) is 12.8. The van der Waals surface area contributed by atoms with Crippen LogP contribution in [0.5, 0.6) is 0 Å². The number of carbonyl (C=O) groups is 2. The molecule has 0 spiro atoms. The van der Waals surface area contributed by atoms with E-state index in [4.69, 9.17) is 0 Å². The lowest BCUT2D eigenvalue weighted by molar-refractivity contribution is -0.384. The minimum absolute atomic E-state index is 0.00250. The van der Waals surface area contributed by atoms with Gasteiger partial charge in [0.15, 0.2) is 0 Å². The molecule has 1 saturated heterocycles. The molecule has 0 unspecified atom stereocenters. The van der Waals surface area contributed by atoms with Crippen molar-refractivity contribution in [3.63, 3.8) is 0 Å². The van der Waals surface area contributed by atoms with E-state index in [1.807, 2.05) is 0 Å². The highest BCUT2D eigenvalue weighted by molar-refractivity contribution is 6.02. The number of nitrogens with one attached hydrogen (secondary N) is 2. The predicted octanol–water partition coefficient (Wildman–Crippen LogP) is 0.688. The van der Waals surface area contributed by atoms with Crippen LogP contribution in [0, 0.1) is 10.1 Å². The van der Waals surface area contributed by atoms with E-state index < -0.39 is 11.0 Å². The second kappa shape index (κ2) is 4.92. The fourth-order valence-electron chi connectivity index (χ4n) is 1.94. The zero-order valence-corrected chi connectivity index (χ0v) is 10.2. The summed E-state index contributed by atoms with van der Waals surface area (Å²) < 4.78 is 0. The third-order valence-corrected chi connectivity index (χ3v) is 2.84. The van der Waals surface area contributed by atoms with E-state index in [-0.39, 0.29) is 24.7 Å². The summed E-state index contributed by atoms with van der Waals surface area (Å²) in [6, 6.07) is 4.03. The minimum atomic E-state index is -0.513. The van der Waals surface area contributed by atoms with Crippen LogP contribution in [0.4, 0.5) is 16.2 Å². The van der Waals surface area contributed by atoms with E-state index in [9.17, 15) is 19.7 Å². The molecule has 2 N–H and O–H groups in total. The maximum absolute atomic E-state index is 11.5. The van der Waals surface area contributed by atoms with Gasteiger partial charge in [0.05, 0.1) is 18.0 Å². The fourth-order valence-corrected chi connectivity index (χ4v) is 1.94. The highest BCUT2D eigenvalue weighted by Crippen LogP contribution is 2.29. The number of hydrogen-bond donors (Lipinski definition) is 2. The van der Waals surface area contributed by atoms with Crippen LogP contribution in [0.2, 0.25) is 0 Å². The minimum Gasteiger partial charge on any atom is -0.382 e. The zero-order chi connectivity index (χ0) is 14.0. The number of nitro groups is 1. The van der Waals surface area contributed by atoms with Crippen molar-refractivity contribution in [2.75, 3.05) is 18.9 Å². The van der Waals surface area contributed by atoms with Gasteiger partial charge < -0.3 is 10.6 Å². The van der Waals surface area contributed by atoms with Gasteiger partial charge >= 0.3 is 6.03 Å². The van der Waals surface area contributed by atoms with Crippen LogP contribution < -0.4 is 10.6 Å². The summed E-state index contributed by atoms with van der Waals surface area (Å²) in [4.78, 5) is 34.4. The quantitative estimate of drug-likeness (QED) is 0.473. The lowest BCUT2D eigenvalue weighted by Gasteiger charge is -2.15. The lowest BCUT2D eigenvalue weighted by Crippen LogP contribution is -2.30. The topological polar surface area (TPSA) is 105 Å². The largest absolute Gasteiger partial charge is 0.382 e. The molecular weight excluding hydrogens is 252 g/mol. The van der Waals surface area contributed by atoms with Crippen molar-refractivity contribution in [3.8, 4) is 0 Å². The van der Waals surface area contributed by atoms with Crippen LogP contribution in [0.3, 0.4) is 0 Å². The number of anilines is 1. The van der Waals surface area contributed by atoms with Gasteiger partial charge in [-0.3, -0.25) is 19.8 Å². The van der Waals surface area contributed by atoms with Crippen molar-refractivity contribution in [2.24, 2.45) is 0 Å². The van der Waals surface area contributed by atoms with Gasteiger partial charge in [-0.05, 0) is 0 Å². The van der Waals surface area contributed by atoms with Gasteiger partial charge in [-0.1, -0.05) is 12.1 Å². The Morgan fingerprint density at radius 3 is 2.74 bits per heavy atom. The Morgan fingerprint density at radius 1 is 1.47 bits per heavy atom. The monoisotopic (exact) mass is 264 g/mol. The molecule has 1 fully saturated rings. The van der Waals surface area contributed by atoms with E-state index in [1.54, 1.807) is 13.1 Å². The maximum Gasteiger partial charge on any atom is 0.324 e. The second-order valence-electron chi connectivity index (χ2n) is 3.96. The number of rotatable bonds is 4. The van der Waals surface area contributed by atoms with Crippen molar-refractivity contribution in [2.45, 2.75) is 6.54 Å². The van der Waals surface area contributed by atoms with Crippen molar-refractivity contribution >= 4 is 23.3 Å². The number of benzene rings is 1. The SMILES string of the molecule is CNc1c(CN2C(=O)CNC2=O)cccc1[N+](=O)[O-]. The number of urea groups is 1. The van der Waals surface area contributed by atoms with Crippen molar-refractivity contribution in [1.29, 1.82) is 0 Å². The number of para-hydroxylation sites is 1. The van der Waals surface area contributed by atoms with Gasteiger partial charge in [0.25, 0.3) is 5.69 Å². The molecular formula is C11H12N4O4. The van der Waals surface area contributed by atoms with Crippen LogP contribution in [-0.2, 0) is 11.3 Å². The first-order valence-corrected chi connectivity index (χ1v) is 5.57. The van der Waals surface area contributed by atoms with Gasteiger partial charge in [-0.25, -0.2) is 4.79 Å². The summed E-state index contributed by atoms with van der Waals surface area (Å²) in [5.74, 6) is -0.349. The second-order valence-corrected chi connectivity index (χ2v) is 3.96. The fraction of sp³-hybridized carbons (Fsp3) is 0.273. The first-order valence-electron chi connectivity index (χ1n) is 5.57. The Kier molecular flexibility index (Phi) is 3.32. The number of nitro benzene ring substituents is 1. The Bertz CT molecular complexity index is 542. The van der Waals surface area contributed by atoms with Gasteiger partial charge in [0.1, 0.15) is 5.69 Å². The molecule has 3 amide bonds. The van der Waals surface area contributed by atoms with Crippen LogP contribution in [-0.4, -0.2) is 35.4 Å². The smallest absolute Gasteiger partial charge is 0.324 e. The average Bonchev–Trinajstić information content (AvgIpc) is 2.70. The lowest BCUT2D eigenvalue weighted by atomic mass is 10.1. The molecule has 1 aliphatic rings. The Morgan fingerprint density at radius 2 is 2.21 bits per heavy atom. The van der Waals surface area contributed by atoms with Crippen molar-refractivity contribution in [3.05, 3.63) is 33.9 Å². The van der Waals surface area contributed by atoms with E-state index in [1.165, 1.54) is 12.1 Å². The van der Waals surface area contributed by atoms with E-state index in [0.29, 0.717) is 11.3 Å². The molecule has 100 valence electrons. The normalized spacial score (nSPS) is 14.5. The van der Waals surface area contributed by atoms with E-state index >= 15 is 0 Å².